The number of hydrogen-bond donors (Lipinski definition) is 1. The topological polar surface area (TPSA) is 71.1 Å². The third-order valence-corrected chi connectivity index (χ3v) is 8.48. The van der Waals surface area contributed by atoms with Crippen LogP contribution in [0.1, 0.15) is 69.1 Å². The summed E-state index contributed by atoms with van der Waals surface area (Å²) in [4.78, 5) is 27.0. The third-order valence-electron chi connectivity index (χ3n) is 8.48. The molecule has 0 aromatic heterocycles. The maximum Gasteiger partial charge on any atom is 0.425 e. The minimum absolute atomic E-state index is 0.188. The molecule has 1 aliphatic heterocycles. The number of methoxy groups -OCH3 is 1. The summed E-state index contributed by atoms with van der Waals surface area (Å²) < 4.78 is 39.4. The van der Waals surface area contributed by atoms with E-state index >= 15 is 0 Å². The molecule has 1 fully saturated rings. The van der Waals surface area contributed by atoms with Crippen molar-refractivity contribution in [2.24, 2.45) is 0 Å². The van der Waals surface area contributed by atoms with E-state index in [9.17, 15) is 18.4 Å². The van der Waals surface area contributed by atoms with E-state index in [1.807, 2.05) is 12.1 Å². The highest BCUT2D eigenvalue weighted by molar-refractivity contribution is 5.71. The van der Waals surface area contributed by atoms with Gasteiger partial charge in [0.15, 0.2) is 0 Å². The molecule has 4 rings (SSSR count). The molecule has 0 saturated carbocycles. The van der Waals surface area contributed by atoms with Gasteiger partial charge in [-0.3, -0.25) is 0 Å². The molecule has 0 unspecified atom stereocenters. The number of aldehydes is 1. The van der Waals surface area contributed by atoms with Crippen molar-refractivity contribution in [2.75, 3.05) is 39.8 Å². The molecular formula is C36H45F2N3O4. The number of likely N-dealkylation sites (tertiary alicyclic amines) is 1. The molecule has 0 radical (unpaired) electrons. The van der Waals surface area contributed by atoms with Crippen molar-refractivity contribution in [3.05, 3.63) is 101 Å². The normalized spacial score (nSPS) is 14.6. The average molecular weight is 622 g/mol. The number of hydrazine groups is 1. The molecule has 45 heavy (non-hydrogen) atoms. The zero-order valence-corrected chi connectivity index (χ0v) is 26.7. The molecule has 242 valence electrons. The fourth-order valence-corrected chi connectivity index (χ4v) is 6.19. The first-order chi connectivity index (χ1) is 21.5. The van der Waals surface area contributed by atoms with Gasteiger partial charge in [-0.1, -0.05) is 42.5 Å². The van der Waals surface area contributed by atoms with Crippen LogP contribution in [0.25, 0.3) is 0 Å². The van der Waals surface area contributed by atoms with Gasteiger partial charge in [-0.25, -0.2) is 24.0 Å². The molecule has 1 aliphatic rings. The number of benzene rings is 3. The van der Waals surface area contributed by atoms with Gasteiger partial charge in [0.25, 0.3) is 0 Å². The van der Waals surface area contributed by atoms with E-state index < -0.39 is 17.1 Å². The number of amides is 1. The summed E-state index contributed by atoms with van der Waals surface area (Å²) in [5.41, 5.74) is 4.49. The average Bonchev–Trinajstić information content (AvgIpc) is 3.02. The predicted molar refractivity (Wildman–Crippen MR) is 171 cm³/mol. The van der Waals surface area contributed by atoms with Crippen LogP contribution in [0.5, 0.6) is 5.75 Å². The smallest absolute Gasteiger partial charge is 0.425 e. The highest BCUT2D eigenvalue weighted by Crippen LogP contribution is 2.38. The van der Waals surface area contributed by atoms with Crippen LogP contribution < -0.4 is 10.2 Å². The molecule has 9 heteroatoms. The second-order valence-electron chi connectivity index (χ2n) is 12.6. The summed E-state index contributed by atoms with van der Waals surface area (Å²) in [6, 6.07) is 20.8. The molecule has 3 aromatic rings. The van der Waals surface area contributed by atoms with Crippen LogP contribution in [-0.2, 0) is 14.9 Å². The minimum atomic E-state index is -0.778. The third kappa shape index (κ3) is 9.11. The monoisotopic (exact) mass is 621 g/mol. The highest BCUT2D eigenvalue weighted by Gasteiger charge is 2.36. The Morgan fingerprint density at radius 2 is 1.53 bits per heavy atom. The number of hydrogen-bond acceptors (Lipinski definition) is 6. The van der Waals surface area contributed by atoms with Crippen molar-refractivity contribution in [3.63, 3.8) is 0 Å². The van der Waals surface area contributed by atoms with Crippen molar-refractivity contribution in [1.29, 1.82) is 0 Å². The van der Waals surface area contributed by atoms with Crippen molar-refractivity contribution in [3.8, 4) is 5.75 Å². The van der Waals surface area contributed by atoms with E-state index in [1.165, 1.54) is 29.8 Å². The Hall–Kier alpha value is -3.82. The first-order valence-electron chi connectivity index (χ1n) is 15.6. The number of para-hydroxylation sites is 1. The molecule has 7 nitrogen and oxygen atoms in total. The Morgan fingerprint density at radius 3 is 2.07 bits per heavy atom. The van der Waals surface area contributed by atoms with Crippen LogP contribution in [0.2, 0.25) is 0 Å². The summed E-state index contributed by atoms with van der Waals surface area (Å²) in [6.07, 6.45) is 3.41. The minimum Gasteiger partial charge on any atom is -0.496 e. The quantitative estimate of drug-likeness (QED) is 0.166. The lowest BCUT2D eigenvalue weighted by molar-refractivity contribution is -0.109. The van der Waals surface area contributed by atoms with Gasteiger partial charge in [0.05, 0.1) is 13.7 Å². The first kappa shape index (κ1) is 34.1. The number of nitrogens with one attached hydrogen (secondary N) is 1. The lowest BCUT2D eigenvalue weighted by Crippen LogP contribution is -2.52. The molecule has 1 saturated heterocycles. The standard InChI is InChI=1S/C36H45F2N3O4/c1-35(2,3)45-34(43)41(24-25-42)39-26-36(28-10-14-30(37)15-11-28,29-12-16-31(38)17-13-29)20-7-21-40-22-18-27(19-23-40)32-8-5-6-9-33(32)44-4/h5-6,8-17,25,27,39H,7,18-24,26H2,1-4H3. The molecule has 0 bridgehead atoms. The van der Waals surface area contributed by atoms with Crippen LogP contribution in [0.4, 0.5) is 13.6 Å². The molecule has 0 spiro atoms. The zero-order valence-electron chi connectivity index (χ0n) is 26.7. The second kappa shape index (κ2) is 15.5. The second-order valence-corrected chi connectivity index (χ2v) is 12.6. The van der Waals surface area contributed by atoms with Gasteiger partial charge in [-0.05, 0) is 119 Å². The maximum absolute atomic E-state index is 14.1. The number of nitrogens with zero attached hydrogens (tertiary/aromatic N) is 2. The Kier molecular flexibility index (Phi) is 11.7. The Morgan fingerprint density at radius 1 is 0.956 bits per heavy atom. The number of ether oxygens (including phenoxy) is 2. The first-order valence-corrected chi connectivity index (χ1v) is 15.6. The van der Waals surface area contributed by atoms with Crippen molar-refractivity contribution >= 4 is 12.4 Å². The van der Waals surface area contributed by atoms with Gasteiger partial charge in [-0.2, -0.15) is 0 Å². The fourth-order valence-electron chi connectivity index (χ4n) is 6.19. The van der Waals surface area contributed by atoms with Crippen molar-refractivity contribution in [1.82, 2.24) is 15.3 Å². The number of halogens is 2. The lowest BCUT2D eigenvalue weighted by atomic mass is 9.71. The van der Waals surface area contributed by atoms with Gasteiger partial charge in [0.1, 0.15) is 29.3 Å². The number of carbonyl (C=O) groups excluding carboxylic acids is 2. The molecule has 3 aromatic carbocycles. The van der Waals surface area contributed by atoms with E-state index in [4.69, 9.17) is 9.47 Å². The fraction of sp³-hybridized carbons (Fsp3) is 0.444. The van der Waals surface area contributed by atoms with E-state index in [0.29, 0.717) is 18.6 Å². The van der Waals surface area contributed by atoms with E-state index in [-0.39, 0.29) is 24.7 Å². The summed E-state index contributed by atoms with van der Waals surface area (Å²) in [6.45, 7) is 7.97. The molecule has 1 amide bonds. The van der Waals surface area contributed by atoms with Crippen molar-refractivity contribution in [2.45, 2.75) is 63.4 Å². The van der Waals surface area contributed by atoms with E-state index in [1.54, 1.807) is 52.1 Å². The van der Waals surface area contributed by atoms with Gasteiger partial charge < -0.3 is 19.2 Å². The van der Waals surface area contributed by atoms with Crippen LogP contribution in [0, 0.1) is 11.6 Å². The van der Waals surface area contributed by atoms with Crippen LogP contribution in [0.15, 0.2) is 72.8 Å². The van der Waals surface area contributed by atoms with Crippen LogP contribution in [0.3, 0.4) is 0 Å². The SMILES string of the molecule is COc1ccccc1C1CCN(CCCC(CNN(CC=O)C(=O)OC(C)(C)C)(c2ccc(F)cc2)c2ccc(F)cc2)CC1. The molecule has 1 N–H and O–H groups in total. The Balaban J connectivity index is 1.55. The van der Waals surface area contributed by atoms with Gasteiger partial charge in [-0.15, -0.1) is 0 Å². The number of rotatable bonds is 13. The number of piperidine rings is 1. The molecule has 0 atom stereocenters. The summed E-state index contributed by atoms with van der Waals surface area (Å²) in [5.74, 6) is 0.639. The largest absolute Gasteiger partial charge is 0.496 e. The Labute approximate surface area is 265 Å². The lowest BCUT2D eigenvalue weighted by Gasteiger charge is -2.39. The van der Waals surface area contributed by atoms with Gasteiger partial charge in [0, 0.05) is 12.0 Å². The van der Waals surface area contributed by atoms with Gasteiger partial charge >= 0.3 is 6.09 Å². The Bertz CT molecular complexity index is 1340. The van der Waals surface area contributed by atoms with E-state index in [2.05, 4.69) is 22.5 Å². The molecule has 0 aliphatic carbocycles. The predicted octanol–water partition coefficient (Wildman–Crippen LogP) is 6.86. The summed E-state index contributed by atoms with van der Waals surface area (Å²) >= 11 is 0. The molecule has 1 heterocycles. The van der Waals surface area contributed by atoms with Crippen molar-refractivity contribution < 1.29 is 27.8 Å². The molecular weight excluding hydrogens is 576 g/mol. The summed E-state index contributed by atoms with van der Waals surface area (Å²) in [5, 5.41) is 1.16. The zero-order chi connectivity index (χ0) is 32.5. The highest BCUT2D eigenvalue weighted by atomic mass is 19.1. The van der Waals surface area contributed by atoms with Gasteiger partial charge in [0.2, 0.25) is 0 Å². The van der Waals surface area contributed by atoms with Crippen LogP contribution in [-0.4, -0.2) is 67.7 Å². The number of carbonyl (C=O) groups is 2. The van der Waals surface area contributed by atoms with E-state index in [0.717, 1.165) is 60.8 Å². The summed E-state index contributed by atoms with van der Waals surface area (Å²) in [7, 11) is 1.71. The maximum atomic E-state index is 14.1. The van der Waals surface area contributed by atoms with Crippen LogP contribution >= 0.6 is 0 Å².